The largest absolute Gasteiger partial charge is 0.254 e. The summed E-state index contributed by atoms with van der Waals surface area (Å²) in [5.41, 5.74) is 1.45. The van der Waals surface area contributed by atoms with Gasteiger partial charge in [0.2, 0.25) is 0 Å². The predicted molar refractivity (Wildman–Crippen MR) is 63.5 cm³/mol. The second-order valence-corrected chi connectivity index (χ2v) is 5.19. The molecule has 2 heteroatoms. The Morgan fingerprint density at radius 2 is 2.14 bits per heavy atom. The van der Waals surface area contributed by atoms with Crippen molar-refractivity contribution in [1.82, 2.24) is 0 Å². The Bertz CT molecular complexity index is 276. The summed E-state index contributed by atoms with van der Waals surface area (Å²) in [5, 5.41) is 0. The van der Waals surface area contributed by atoms with E-state index in [0.29, 0.717) is 5.92 Å². The zero-order valence-electron chi connectivity index (χ0n) is 9.38. The van der Waals surface area contributed by atoms with Crippen LogP contribution in [0.5, 0.6) is 0 Å². The predicted octanol–water partition coefficient (Wildman–Crippen LogP) is 3.41. The van der Waals surface area contributed by atoms with Crippen LogP contribution in [0.4, 0.5) is 0 Å². The van der Waals surface area contributed by atoms with Gasteiger partial charge in [-0.25, -0.2) is 0 Å². The van der Waals surface area contributed by atoms with Crippen LogP contribution >= 0.6 is 0 Å². The van der Waals surface area contributed by atoms with Crippen LogP contribution < -0.4 is 0 Å². The van der Waals surface area contributed by atoms with Gasteiger partial charge in [0.05, 0.1) is 10.8 Å². The van der Waals surface area contributed by atoms with E-state index in [1.54, 1.807) is 0 Å². The Morgan fingerprint density at radius 1 is 1.43 bits per heavy atom. The van der Waals surface area contributed by atoms with Gasteiger partial charge in [-0.2, -0.15) is 0 Å². The van der Waals surface area contributed by atoms with Crippen molar-refractivity contribution in [3.05, 3.63) is 22.6 Å². The second-order valence-electron chi connectivity index (χ2n) is 3.73. The van der Waals surface area contributed by atoms with E-state index in [1.807, 2.05) is 13.8 Å². The average Bonchev–Trinajstić information content (AvgIpc) is 2.20. The first kappa shape index (κ1) is 11.7. The lowest BCUT2D eigenvalue weighted by molar-refractivity contribution is 0.603. The minimum atomic E-state index is -0.694. The van der Waals surface area contributed by atoms with E-state index in [1.165, 1.54) is 12.0 Å². The summed E-state index contributed by atoms with van der Waals surface area (Å²) in [6, 6.07) is 0. The van der Waals surface area contributed by atoms with Crippen LogP contribution in [-0.2, 0) is 10.8 Å². The van der Waals surface area contributed by atoms with Gasteiger partial charge in [0.25, 0.3) is 0 Å². The van der Waals surface area contributed by atoms with E-state index in [0.717, 1.165) is 23.5 Å². The summed E-state index contributed by atoms with van der Waals surface area (Å²) in [6.07, 6.45) is 7.67. The molecule has 0 N–H and O–H groups in total. The zero-order valence-corrected chi connectivity index (χ0v) is 10.2. The molecule has 80 valence electrons. The third-order valence-electron chi connectivity index (χ3n) is 2.51. The quantitative estimate of drug-likeness (QED) is 0.601. The highest BCUT2D eigenvalue weighted by molar-refractivity contribution is 7.89. The summed E-state index contributed by atoms with van der Waals surface area (Å²) in [7, 11) is -0.694. The summed E-state index contributed by atoms with van der Waals surface area (Å²) in [4.78, 5) is 1.14. The van der Waals surface area contributed by atoms with E-state index in [-0.39, 0.29) is 0 Å². The Hall–Kier alpha value is -0.370. The molecule has 0 amide bonds. The van der Waals surface area contributed by atoms with Crippen molar-refractivity contribution in [3.63, 3.8) is 0 Å². The minimum Gasteiger partial charge on any atom is -0.254 e. The number of rotatable bonds is 0. The molecule has 0 saturated heterocycles. The van der Waals surface area contributed by atoms with Crippen molar-refractivity contribution < 1.29 is 4.21 Å². The average molecular weight is 212 g/mol. The Balaban J connectivity index is 0.000000461. The van der Waals surface area contributed by atoms with E-state index in [2.05, 4.69) is 19.1 Å². The van der Waals surface area contributed by atoms with Crippen LogP contribution in [0.2, 0.25) is 0 Å². The fourth-order valence-electron chi connectivity index (χ4n) is 1.96. The number of hydrogen-bond donors (Lipinski definition) is 0. The van der Waals surface area contributed by atoms with Gasteiger partial charge < -0.3 is 0 Å². The summed E-state index contributed by atoms with van der Waals surface area (Å²) >= 11 is 0. The smallest absolute Gasteiger partial charge is 0.0531 e. The van der Waals surface area contributed by atoms with E-state index >= 15 is 0 Å². The Morgan fingerprint density at radius 3 is 2.86 bits per heavy atom. The molecule has 0 bridgehead atoms. The molecule has 0 aromatic heterocycles. The highest BCUT2D eigenvalue weighted by Crippen LogP contribution is 2.32. The van der Waals surface area contributed by atoms with Crippen molar-refractivity contribution in [2.24, 2.45) is 5.92 Å². The maximum Gasteiger partial charge on any atom is 0.0531 e. The van der Waals surface area contributed by atoms with Crippen molar-refractivity contribution in [1.29, 1.82) is 0 Å². The van der Waals surface area contributed by atoms with Crippen LogP contribution in [0.1, 0.15) is 40.0 Å². The molecule has 1 heterocycles. The third-order valence-corrected chi connectivity index (χ3v) is 4.29. The molecule has 0 saturated carbocycles. The van der Waals surface area contributed by atoms with Crippen molar-refractivity contribution >= 4 is 10.8 Å². The highest BCUT2D eigenvalue weighted by atomic mass is 32.2. The number of hydrogen-bond acceptors (Lipinski definition) is 1. The lowest BCUT2D eigenvalue weighted by atomic mass is 9.95. The summed E-state index contributed by atoms with van der Waals surface area (Å²) < 4.78 is 11.6. The second kappa shape index (κ2) is 5.50. The zero-order chi connectivity index (χ0) is 10.6. The molecular weight excluding hydrogens is 192 g/mol. The molecule has 0 aromatic carbocycles. The van der Waals surface area contributed by atoms with Crippen LogP contribution in [0.15, 0.2) is 22.6 Å². The van der Waals surface area contributed by atoms with Crippen LogP contribution in [0, 0.1) is 5.92 Å². The molecule has 0 spiro atoms. The van der Waals surface area contributed by atoms with Gasteiger partial charge in [-0.3, -0.25) is 4.21 Å². The van der Waals surface area contributed by atoms with Crippen LogP contribution in [0.25, 0.3) is 0 Å². The normalized spacial score (nSPS) is 30.5. The SMILES string of the molecule is CC.CC1CC2=C(C=CCC2)S(=O)C1. The first-order chi connectivity index (χ1) is 6.77. The maximum atomic E-state index is 11.6. The van der Waals surface area contributed by atoms with E-state index < -0.39 is 10.8 Å². The molecule has 2 aliphatic rings. The van der Waals surface area contributed by atoms with Gasteiger partial charge in [0.1, 0.15) is 0 Å². The van der Waals surface area contributed by atoms with Gasteiger partial charge in [-0.1, -0.05) is 38.5 Å². The van der Waals surface area contributed by atoms with Crippen molar-refractivity contribution in [3.8, 4) is 0 Å². The van der Waals surface area contributed by atoms with Gasteiger partial charge >= 0.3 is 0 Å². The molecule has 2 atom stereocenters. The molecule has 1 aliphatic heterocycles. The fraction of sp³-hybridized carbons (Fsp3) is 0.667. The standard InChI is InChI=1S/C10H14OS.C2H6/c1-8-6-9-4-2-3-5-10(9)12(11)7-8;1-2/h3,5,8H,2,4,6-7H2,1H3;1-2H3. The summed E-state index contributed by atoms with van der Waals surface area (Å²) in [6.45, 7) is 6.19. The summed E-state index contributed by atoms with van der Waals surface area (Å²) in [5.74, 6) is 1.49. The maximum absolute atomic E-state index is 11.6. The monoisotopic (exact) mass is 212 g/mol. The molecule has 0 aromatic rings. The lowest BCUT2D eigenvalue weighted by Crippen LogP contribution is -2.18. The molecule has 1 nitrogen and oxygen atoms in total. The molecule has 0 radical (unpaired) electrons. The van der Waals surface area contributed by atoms with Crippen molar-refractivity contribution in [2.75, 3.05) is 5.75 Å². The van der Waals surface area contributed by atoms with Crippen molar-refractivity contribution in [2.45, 2.75) is 40.0 Å². The van der Waals surface area contributed by atoms with Gasteiger partial charge in [0, 0.05) is 10.7 Å². The molecule has 0 fully saturated rings. The van der Waals surface area contributed by atoms with Gasteiger partial charge in [-0.15, -0.1) is 0 Å². The Labute approximate surface area is 89.7 Å². The highest BCUT2D eigenvalue weighted by Gasteiger charge is 2.23. The third kappa shape index (κ3) is 2.57. The molecular formula is C12H20OS. The lowest BCUT2D eigenvalue weighted by Gasteiger charge is -2.24. The molecule has 2 rings (SSSR count). The minimum absolute atomic E-state index is 0.621. The van der Waals surface area contributed by atoms with E-state index in [4.69, 9.17) is 0 Å². The molecule has 2 unspecified atom stereocenters. The van der Waals surface area contributed by atoms with Crippen LogP contribution in [-0.4, -0.2) is 9.96 Å². The van der Waals surface area contributed by atoms with Gasteiger partial charge in [0.15, 0.2) is 0 Å². The first-order valence-electron chi connectivity index (χ1n) is 5.54. The topological polar surface area (TPSA) is 17.1 Å². The molecule has 14 heavy (non-hydrogen) atoms. The number of allylic oxidation sites excluding steroid dienone is 3. The molecule has 1 aliphatic carbocycles. The fourth-order valence-corrected chi connectivity index (χ4v) is 3.53. The van der Waals surface area contributed by atoms with Gasteiger partial charge in [-0.05, 0) is 25.2 Å². The van der Waals surface area contributed by atoms with E-state index in [9.17, 15) is 4.21 Å². The first-order valence-corrected chi connectivity index (χ1v) is 6.86. The Kier molecular flexibility index (Phi) is 4.59. The van der Waals surface area contributed by atoms with Crippen LogP contribution in [0.3, 0.4) is 0 Å².